The second-order valence-electron chi connectivity index (χ2n) is 5.81. The third-order valence-electron chi connectivity index (χ3n) is 3.24. The summed E-state index contributed by atoms with van der Waals surface area (Å²) in [6, 6.07) is 7.80. The zero-order valence-electron chi connectivity index (χ0n) is 15.3. The Kier molecular flexibility index (Phi) is 7.56. The number of carbonyl (C=O) groups is 2. The largest absolute Gasteiger partial charge is 0.465 e. The number of H-pyrrole nitrogens is 1. The predicted molar refractivity (Wildman–Crippen MR) is 102 cm³/mol. The van der Waals surface area contributed by atoms with Crippen molar-refractivity contribution in [2.45, 2.75) is 31.7 Å². The van der Waals surface area contributed by atoms with E-state index < -0.39 is 5.97 Å². The van der Waals surface area contributed by atoms with Crippen molar-refractivity contribution in [3.05, 3.63) is 51.9 Å². The van der Waals surface area contributed by atoms with E-state index in [0.29, 0.717) is 22.1 Å². The van der Waals surface area contributed by atoms with Gasteiger partial charge in [0.2, 0.25) is 5.91 Å². The normalized spacial score (nSPS) is 10.7. The van der Waals surface area contributed by atoms with E-state index in [1.807, 2.05) is 13.8 Å². The molecule has 0 bridgehead atoms. The van der Waals surface area contributed by atoms with Crippen molar-refractivity contribution in [3.63, 3.8) is 0 Å². The molecule has 2 N–H and O–H groups in total. The Bertz CT molecular complexity index is 866. The molecule has 8 nitrogen and oxygen atoms in total. The van der Waals surface area contributed by atoms with Crippen LogP contribution in [-0.4, -0.2) is 40.8 Å². The molecule has 1 aromatic heterocycles. The molecule has 0 unspecified atom stereocenters. The third-order valence-corrected chi connectivity index (χ3v) is 4.12. The van der Waals surface area contributed by atoms with Gasteiger partial charge in [-0.15, -0.1) is 0 Å². The molecule has 2 rings (SSSR count). The fraction of sp³-hybridized carbons (Fsp3) is 0.333. The molecule has 144 valence electrons. The van der Waals surface area contributed by atoms with Gasteiger partial charge in [0.25, 0.3) is 5.56 Å². The van der Waals surface area contributed by atoms with Gasteiger partial charge in [0.15, 0.2) is 5.16 Å². The highest BCUT2D eigenvalue weighted by Crippen LogP contribution is 2.15. The summed E-state index contributed by atoms with van der Waals surface area (Å²) < 4.78 is 10.1. The number of hydrogen-bond donors (Lipinski definition) is 2. The zero-order valence-corrected chi connectivity index (χ0v) is 16.1. The lowest BCUT2D eigenvalue weighted by Crippen LogP contribution is -2.16. The standard InChI is InChI=1S/C18H21N3O5S/c1-11(2)26-9-14-8-15(22)21-18(20-14)27-10-16(23)19-13-6-4-5-12(7-13)17(24)25-3/h4-8,11H,9-10H2,1-3H3,(H,19,23)(H,20,21,22). The molecule has 0 atom stereocenters. The minimum atomic E-state index is -0.484. The first-order chi connectivity index (χ1) is 12.9. The first kappa shape index (κ1) is 20.7. The molecular weight excluding hydrogens is 370 g/mol. The predicted octanol–water partition coefficient (Wildman–Crippen LogP) is 2.21. The molecule has 0 aliphatic carbocycles. The average molecular weight is 391 g/mol. The van der Waals surface area contributed by atoms with Crippen molar-refractivity contribution in [1.29, 1.82) is 0 Å². The van der Waals surface area contributed by atoms with E-state index >= 15 is 0 Å². The summed E-state index contributed by atoms with van der Waals surface area (Å²) in [7, 11) is 1.29. The summed E-state index contributed by atoms with van der Waals surface area (Å²) in [5, 5.41) is 3.03. The highest BCUT2D eigenvalue weighted by atomic mass is 32.2. The van der Waals surface area contributed by atoms with Crippen LogP contribution in [0.2, 0.25) is 0 Å². The van der Waals surface area contributed by atoms with Gasteiger partial charge in [-0.25, -0.2) is 9.78 Å². The number of aromatic nitrogens is 2. The number of carbonyl (C=O) groups excluding carboxylic acids is 2. The van der Waals surface area contributed by atoms with Crippen LogP contribution in [-0.2, 0) is 20.9 Å². The van der Waals surface area contributed by atoms with Crippen molar-refractivity contribution in [2.24, 2.45) is 0 Å². The van der Waals surface area contributed by atoms with E-state index in [4.69, 9.17) is 4.74 Å². The summed E-state index contributed by atoms with van der Waals surface area (Å²) in [6.07, 6.45) is 0.0220. The number of nitrogens with zero attached hydrogens (tertiary/aromatic N) is 1. The van der Waals surface area contributed by atoms with Gasteiger partial charge in [0, 0.05) is 11.8 Å². The summed E-state index contributed by atoms with van der Waals surface area (Å²) >= 11 is 1.10. The number of hydrogen-bond acceptors (Lipinski definition) is 7. The molecule has 0 radical (unpaired) electrons. The van der Waals surface area contributed by atoms with Gasteiger partial charge in [-0.2, -0.15) is 0 Å². The minimum Gasteiger partial charge on any atom is -0.465 e. The van der Waals surface area contributed by atoms with Crippen LogP contribution in [0.5, 0.6) is 0 Å². The van der Waals surface area contributed by atoms with Gasteiger partial charge in [0.05, 0.1) is 36.8 Å². The summed E-state index contributed by atoms with van der Waals surface area (Å²) in [6.45, 7) is 4.01. The topological polar surface area (TPSA) is 110 Å². The first-order valence-corrected chi connectivity index (χ1v) is 9.19. The Hall–Kier alpha value is -2.65. The Morgan fingerprint density at radius 2 is 2.07 bits per heavy atom. The fourth-order valence-corrected chi connectivity index (χ4v) is 2.75. The van der Waals surface area contributed by atoms with Crippen LogP contribution in [0.25, 0.3) is 0 Å². The number of nitrogens with one attached hydrogen (secondary N) is 2. The van der Waals surface area contributed by atoms with Crippen LogP contribution >= 0.6 is 11.8 Å². The summed E-state index contributed by atoms with van der Waals surface area (Å²) in [5.41, 5.74) is 1.01. The molecule has 27 heavy (non-hydrogen) atoms. The highest BCUT2D eigenvalue weighted by molar-refractivity contribution is 7.99. The molecule has 0 fully saturated rings. The van der Waals surface area contributed by atoms with E-state index in [1.165, 1.54) is 19.2 Å². The molecule has 0 aliphatic rings. The molecule has 0 saturated heterocycles. The smallest absolute Gasteiger partial charge is 0.337 e. The number of esters is 1. The summed E-state index contributed by atoms with van der Waals surface area (Å²) in [5.74, 6) is -0.740. The molecule has 2 aromatic rings. The van der Waals surface area contributed by atoms with Crippen molar-refractivity contribution < 1.29 is 19.1 Å². The van der Waals surface area contributed by atoms with E-state index in [-0.39, 0.29) is 29.9 Å². The maximum absolute atomic E-state index is 12.1. The van der Waals surface area contributed by atoms with Crippen molar-refractivity contribution >= 4 is 29.3 Å². The van der Waals surface area contributed by atoms with E-state index in [9.17, 15) is 14.4 Å². The van der Waals surface area contributed by atoms with Crippen LogP contribution < -0.4 is 10.9 Å². The van der Waals surface area contributed by atoms with Gasteiger partial charge >= 0.3 is 5.97 Å². The molecule has 1 amide bonds. The second kappa shape index (κ2) is 9.89. The Morgan fingerprint density at radius 1 is 1.30 bits per heavy atom. The average Bonchev–Trinajstić information content (AvgIpc) is 2.64. The molecule has 9 heteroatoms. The van der Waals surface area contributed by atoms with Gasteiger partial charge in [-0.1, -0.05) is 17.8 Å². The second-order valence-corrected chi connectivity index (χ2v) is 6.77. The lowest BCUT2D eigenvalue weighted by atomic mass is 10.2. The quantitative estimate of drug-likeness (QED) is 0.403. The molecular formula is C18H21N3O5S. The van der Waals surface area contributed by atoms with E-state index in [0.717, 1.165) is 11.8 Å². The van der Waals surface area contributed by atoms with Crippen molar-refractivity contribution in [3.8, 4) is 0 Å². The van der Waals surface area contributed by atoms with Crippen molar-refractivity contribution in [1.82, 2.24) is 9.97 Å². The van der Waals surface area contributed by atoms with Crippen LogP contribution in [0, 0.1) is 0 Å². The highest BCUT2D eigenvalue weighted by Gasteiger charge is 2.10. The Morgan fingerprint density at radius 3 is 2.78 bits per heavy atom. The maximum Gasteiger partial charge on any atom is 0.337 e. The lowest BCUT2D eigenvalue weighted by molar-refractivity contribution is -0.113. The van der Waals surface area contributed by atoms with E-state index in [1.54, 1.807) is 18.2 Å². The zero-order chi connectivity index (χ0) is 19.8. The minimum absolute atomic E-state index is 0.0220. The number of amides is 1. The molecule has 1 aromatic carbocycles. The fourth-order valence-electron chi connectivity index (χ4n) is 2.05. The van der Waals surface area contributed by atoms with Crippen LogP contribution in [0.15, 0.2) is 40.3 Å². The molecule has 0 aliphatic heterocycles. The third kappa shape index (κ3) is 6.87. The monoisotopic (exact) mass is 391 g/mol. The molecule has 0 saturated carbocycles. The first-order valence-electron chi connectivity index (χ1n) is 8.20. The number of ether oxygens (including phenoxy) is 2. The van der Waals surface area contributed by atoms with Gasteiger partial charge in [0.1, 0.15) is 0 Å². The number of methoxy groups -OCH3 is 1. The van der Waals surface area contributed by atoms with Crippen LogP contribution in [0.1, 0.15) is 29.9 Å². The van der Waals surface area contributed by atoms with Gasteiger partial charge in [-0.3, -0.25) is 9.59 Å². The maximum atomic E-state index is 12.1. The van der Waals surface area contributed by atoms with Crippen LogP contribution in [0.4, 0.5) is 5.69 Å². The van der Waals surface area contributed by atoms with Crippen molar-refractivity contribution in [2.75, 3.05) is 18.2 Å². The molecule has 1 heterocycles. The number of thioether (sulfide) groups is 1. The Labute approximate surface area is 160 Å². The lowest BCUT2D eigenvalue weighted by Gasteiger charge is -2.08. The Balaban J connectivity index is 1.95. The van der Waals surface area contributed by atoms with Gasteiger partial charge < -0.3 is 19.8 Å². The van der Waals surface area contributed by atoms with E-state index in [2.05, 4.69) is 20.0 Å². The number of rotatable bonds is 8. The van der Waals surface area contributed by atoms with Crippen LogP contribution in [0.3, 0.4) is 0 Å². The number of anilines is 1. The van der Waals surface area contributed by atoms with Gasteiger partial charge in [-0.05, 0) is 32.0 Å². The SMILES string of the molecule is COC(=O)c1cccc(NC(=O)CSc2nc(COC(C)C)cc(=O)[nH]2)c1. The molecule has 0 spiro atoms. The number of benzene rings is 1. The number of aromatic amines is 1. The summed E-state index contributed by atoms with van der Waals surface area (Å²) in [4.78, 5) is 42.2.